The average molecular weight is 673 g/mol. The summed E-state index contributed by atoms with van der Waals surface area (Å²) in [6.45, 7) is 0.233. The van der Waals surface area contributed by atoms with E-state index in [4.69, 9.17) is 23.7 Å². The number of nitrogens with zero attached hydrogens (tertiary/aromatic N) is 2. The van der Waals surface area contributed by atoms with E-state index >= 15 is 0 Å². The van der Waals surface area contributed by atoms with E-state index in [0.717, 1.165) is 11.1 Å². The van der Waals surface area contributed by atoms with Gasteiger partial charge in [-0.05, 0) is 11.1 Å². The lowest BCUT2D eigenvalue weighted by atomic mass is 10.2. The first-order valence-corrected chi connectivity index (χ1v) is 15.3. The molecular formula is C32H40N4O12. The molecule has 1 heterocycles. The van der Waals surface area contributed by atoms with E-state index in [0.29, 0.717) is 5.06 Å². The summed E-state index contributed by atoms with van der Waals surface area (Å²) in [6.07, 6.45) is -1.28. The van der Waals surface area contributed by atoms with Gasteiger partial charge in [0.2, 0.25) is 5.91 Å². The molecule has 0 aliphatic carbocycles. The average Bonchev–Trinajstić information content (AvgIpc) is 3.41. The van der Waals surface area contributed by atoms with Crippen molar-refractivity contribution in [3.63, 3.8) is 0 Å². The second kappa shape index (κ2) is 21.7. The molecule has 2 aromatic carbocycles. The third-order valence-corrected chi connectivity index (χ3v) is 6.47. The van der Waals surface area contributed by atoms with E-state index < -0.39 is 36.6 Å². The molecule has 1 aliphatic heterocycles. The van der Waals surface area contributed by atoms with Gasteiger partial charge >= 0.3 is 18.2 Å². The summed E-state index contributed by atoms with van der Waals surface area (Å²) in [5.41, 5.74) is 1.66. The van der Waals surface area contributed by atoms with Gasteiger partial charge in [-0.1, -0.05) is 60.7 Å². The van der Waals surface area contributed by atoms with Gasteiger partial charge < -0.3 is 44.1 Å². The monoisotopic (exact) mass is 672 g/mol. The van der Waals surface area contributed by atoms with Crippen molar-refractivity contribution in [3.8, 4) is 0 Å². The Morgan fingerprint density at radius 1 is 0.646 bits per heavy atom. The van der Waals surface area contributed by atoms with Crippen molar-refractivity contribution in [2.24, 2.45) is 0 Å². The van der Waals surface area contributed by atoms with Crippen LogP contribution in [0, 0.1) is 0 Å². The second-order valence-corrected chi connectivity index (χ2v) is 10.1. The Kier molecular flexibility index (Phi) is 16.9. The lowest BCUT2D eigenvalue weighted by molar-refractivity contribution is -0.200. The van der Waals surface area contributed by atoms with E-state index in [1.807, 2.05) is 60.7 Å². The molecule has 3 rings (SSSR count). The maximum absolute atomic E-state index is 12.9. The highest BCUT2D eigenvalue weighted by molar-refractivity contribution is 6.01. The summed E-state index contributed by atoms with van der Waals surface area (Å²) >= 11 is 0. The van der Waals surface area contributed by atoms with Gasteiger partial charge in [0.05, 0.1) is 26.4 Å². The number of carbonyl (C=O) groups is 6. The highest BCUT2D eigenvalue weighted by atomic mass is 16.7. The van der Waals surface area contributed by atoms with Crippen LogP contribution >= 0.6 is 0 Å². The molecule has 0 saturated carbocycles. The van der Waals surface area contributed by atoms with Gasteiger partial charge in [0.15, 0.2) is 0 Å². The molecular weight excluding hydrogens is 632 g/mol. The van der Waals surface area contributed by atoms with E-state index in [9.17, 15) is 28.8 Å². The zero-order chi connectivity index (χ0) is 34.4. The molecule has 16 heteroatoms. The van der Waals surface area contributed by atoms with Crippen LogP contribution in [0.4, 0.5) is 9.59 Å². The summed E-state index contributed by atoms with van der Waals surface area (Å²) < 4.78 is 26.3. The molecule has 2 N–H and O–H groups in total. The molecule has 0 bridgehead atoms. The van der Waals surface area contributed by atoms with Crippen molar-refractivity contribution in [3.05, 3.63) is 71.8 Å². The highest BCUT2D eigenvalue weighted by Gasteiger charge is 2.32. The molecule has 16 nitrogen and oxygen atoms in total. The fourth-order valence-electron chi connectivity index (χ4n) is 4.03. The van der Waals surface area contributed by atoms with Gasteiger partial charge in [-0.25, -0.2) is 14.4 Å². The Hall–Kier alpha value is -5.06. The fraction of sp³-hybridized carbons (Fsp3) is 0.438. The van der Waals surface area contributed by atoms with Crippen molar-refractivity contribution < 1.29 is 57.3 Å². The Labute approximate surface area is 277 Å². The number of nitrogens with one attached hydrogen (secondary N) is 2. The minimum absolute atomic E-state index is 0.00104. The quantitative estimate of drug-likeness (QED) is 0.143. The van der Waals surface area contributed by atoms with Gasteiger partial charge in [-0.2, -0.15) is 0 Å². The molecule has 1 aliphatic rings. The van der Waals surface area contributed by atoms with Crippen molar-refractivity contribution in [2.45, 2.75) is 26.1 Å². The number of ether oxygens (including phenoxy) is 5. The van der Waals surface area contributed by atoms with Gasteiger partial charge in [-0.3, -0.25) is 14.4 Å². The number of rotatable bonds is 21. The SMILES string of the molecule is O=C(COCCOCCOCC(=O)N(CCNC(=O)OCc1ccccc1)CCNC(=O)OCc1ccccc1)ON1C(=O)CCC1=O. The zero-order valence-corrected chi connectivity index (χ0v) is 26.5. The third-order valence-electron chi connectivity index (χ3n) is 6.47. The molecule has 0 aromatic heterocycles. The van der Waals surface area contributed by atoms with E-state index in [-0.39, 0.29) is 91.2 Å². The number of imide groups is 1. The van der Waals surface area contributed by atoms with Crippen molar-refractivity contribution in [1.82, 2.24) is 20.6 Å². The molecule has 48 heavy (non-hydrogen) atoms. The molecule has 0 radical (unpaired) electrons. The summed E-state index contributed by atoms with van der Waals surface area (Å²) in [6, 6.07) is 18.4. The second-order valence-electron chi connectivity index (χ2n) is 10.1. The van der Waals surface area contributed by atoms with Gasteiger partial charge in [0.1, 0.15) is 26.4 Å². The number of hydrogen-bond acceptors (Lipinski definition) is 12. The minimum Gasteiger partial charge on any atom is -0.445 e. The molecule has 1 saturated heterocycles. The smallest absolute Gasteiger partial charge is 0.407 e. The number of hydrogen-bond donors (Lipinski definition) is 2. The first-order valence-electron chi connectivity index (χ1n) is 15.3. The number of amides is 5. The van der Waals surface area contributed by atoms with Gasteiger partial charge in [0.25, 0.3) is 11.8 Å². The van der Waals surface area contributed by atoms with Crippen molar-refractivity contribution in [2.75, 3.05) is 65.8 Å². The van der Waals surface area contributed by atoms with Crippen LogP contribution in [0.3, 0.4) is 0 Å². The van der Waals surface area contributed by atoms with Crippen LogP contribution < -0.4 is 10.6 Å². The van der Waals surface area contributed by atoms with Crippen LogP contribution in [0.2, 0.25) is 0 Å². The summed E-state index contributed by atoms with van der Waals surface area (Å²) in [5.74, 6) is -2.43. The summed E-state index contributed by atoms with van der Waals surface area (Å²) in [4.78, 5) is 77.9. The van der Waals surface area contributed by atoms with Crippen molar-refractivity contribution >= 4 is 35.9 Å². The topological polar surface area (TPSA) is 188 Å². The largest absolute Gasteiger partial charge is 0.445 e. The Balaban J connectivity index is 1.30. The van der Waals surface area contributed by atoms with Gasteiger partial charge in [0, 0.05) is 39.0 Å². The van der Waals surface area contributed by atoms with Crippen LogP contribution in [0.5, 0.6) is 0 Å². The molecule has 260 valence electrons. The van der Waals surface area contributed by atoms with Crippen LogP contribution in [0.15, 0.2) is 60.7 Å². The zero-order valence-electron chi connectivity index (χ0n) is 26.5. The molecule has 0 spiro atoms. The minimum atomic E-state index is -0.886. The number of benzene rings is 2. The standard InChI is InChI=1S/C32H40N4O12/c37-27-11-12-28(38)36(27)48-30(40)24-45-20-18-43-17-19-44-23-29(39)35(15-13-33-31(41)46-21-25-7-3-1-4-8-25)16-14-34-32(42)47-22-26-9-5-2-6-10-26/h1-10H,11-24H2,(H,33,41)(H,34,42). The van der Waals surface area contributed by atoms with Crippen LogP contribution in [0.25, 0.3) is 0 Å². The summed E-state index contributed by atoms with van der Waals surface area (Å²) in [7, 11) is 0. The number of hydroxylamine groups is 2. The van der Waals surface area contributed by atoms with E-state index in [1.54, 1.807) is 0 Å². The molecule has 2 aromatic rings. The Morgan fingerprint density at radius 3 is 1.60 bits per heavy atom. The van der Waals surface area contributed by atoms with E-state index in [1.165, 1.54) is 4.90 Å². The molecule has 0 unspecified atom stereocenters. The molecule has 0 atom stereocenters. The predicted molar refractivity (Wildman–Crippen MR) is 165 cm³/mol. The normalized spacial score (nSPS) is 12.4. The lowest BCUT2D eigenvalue weighted by Gasteiger charge is -2.23. The van der Waals surface area contributed by atoms with Crippen molar-refractivity contribution in [1.29, 1.82) is 0 Å². The lowest BCUT2D eigenvalue weighted by Crippen LogP contribution is -2.44. The first-order chi connectivity index (χ1) is 23.3. The molecule has 1 fully saturated rings. The summed E-state index contributed by atoms with van der Waals surface area (Å²) in [5, 5.41) is 5.65. The fourth-order valence-corrected chi connectivity index (χ4v) is 4.03. The van der Waals surface area contributed by atoms with Gasteiger partial charge in [-0.15, -0.1) is 5.06 Å². The van der Waals surface area contributed by atoms with E-state index in [2.05, 4.69) is 15.5 Å². The predicted octanol–water partition coefficient (Wildman–Crippen LogP) is 1.32. The Bertz CT molecular complexity index is 1250. The molecule has 5 amide bonds. The van der Waals surface area contributed by atoms with Crippen LogP contribution in [-0.4, -0.2) is 112 Å². The first kappa shape index (κ1) is 37.4. The van der Waals surface area contributed by atoms with Crippen LogP contribution in [0.1, 0.15) is 24.0 Å². The maximum Gasteiger partial charge on any atom is 0.407 e. The highest BCUT2D eigenvalue weighted by Crippen LogP contribution is 2.12. The van der Waals surface area contributed by atoms with Crippen LogP contribution in [-0.2, 0) is 60.9 Å². The number of alkyl carbamates (subject to hydrolysis) is 2. The maximum atomic E-state index is 12.9. The number of carbonyl (C=O) groups excluding carboxylic acids is 6. The third kappa shape index (κ3) is 15.0. The Morgan fingerprint density at radius 2 is 1.10 bits per heavy atom.